The number of carbonyl (C=O) groups is 1. The fourth-order valence-electron chi connectivity index (χ4n) is 1.89. The van der Waals surface area contributed by atoms with Crippen LogP contribution in [0.5, 0.6) is 5.75 Å². The van der Waals surface area contributed by atoms with Crippen molar-refractivity contribution in [3.05, 3.63) is 53.5 Å². The number of rotatable bonds is 7. The first-order chi connectivity index (χ1) is 9.70. The van der Waals surface area contributed by atoms with E-state index < -0.39 is 5.97 Å². The van der Waals surface area contributed by atoms with Gasteiger partial charge >= 0.3 is 5.97 Å². The molecule has 0 unspecified atom stereocenters. The van der Waals surface area contributed by atoms with Crippen LogP contribution in [-0.4, -0.2) is 24.7 Å². The molecule has 0 aliphatic heterocycles. The molecule has 2 N–H and O–H groups in total. The Bertz CT molecular complexity index is 560. The van der Waals surface area contributed by atoms with Gasteiger partial charge in [-0.1, -0.05) is 12.1 Å². The van der Waals surface area contributed by atoms with Crippen molar-refractivity contribution in [3.8, 4) is 5.75 Å². The predicted octanol–water partition coefficient (Wildman–Crippen LogP) is 2.32. The van der Waals surface area contributed by atoms with Crippen LogP contribution in [0.3, 0.4) is 0 Å². The molecule has 0 amide bonds. The highest BCUT2D eigenvalue weighted by molar-refractivity contribution is 5.88. The number of hydrogen-bond acceptors (Lipinski definition) is 4. The van der Waals surface area contributed by atoms with Crippen molar-refractivity contribution in [1.29, 1.82) is 0 Å². The van der Waals surface area contributed by atoms with Gasteiger partial charge < -0.3 is 19.6 Å². The largest absolute Gasteiger partial charge is 0.497 e. The first-order valence-electron chi connectivity index (χ1n) is 6.34. The predicted molar refractivity (Wildman–Crippen MR) is 74.1 cm³/mol. The van der Waals surface area contributed by atoms with Gasteiger partial charge in [0, 0.05) is 0 Å². The number of nitrogens with one attached hydrogen (secondary N) is 1. The zero-order valence-electron chi connectivity index (χ0n) is 11.3. The van der Waals surface area contributed by atoms with Gasteiger partial charge in [0.2, 0.25) is 0 Å². The highest BCUT2D eigenvalue weighted by atomic mass is 16.5. The molecule has 0 aliphatic carbocycles. The molecule has 106 valence electrons. The van der Waals surface area contributed by atoms with Gasteiger partial charge in [0.15, 0.2) is 0 Å². The molecule has 1 heterocycles. The van der Waals surface area contributed by atoms with E-state index in [-0.39, 0.29) is 5.56 Å². The van der Waals surface area contributed by atoms with E-state index in [1.165, 1.54) is 17.9 Å². The van der Waals surface area contributed by atoms with E-state index in [1.54, 1.807) is 7.11 Å². The number of ether oxygens (including phenoxy) is 1. The van der Waals surface area contributed by atoms with Crippen molar-refractivity contribution in [3.63, 3.8) is 0 Å². The summed E-state index contributed by atoms with van der Waals surface area (Å²) in [5.41, 5.74) is 1.40. The summed E-state index contributed by atoms with van der Waals surface area (Å²) in [6.07, 6.45) is 2.25. The van der Waals surface area contributed by atoms with Gasteiger partial charge in [0.1, 0.15) is 17.1 Å². The second-order valence-electron chi connectivity index (χ2n) is 4.34. The highest BCUT2D eigenvalue weighted by Crippen LogP contribution is 2.12. The van der Waals surface area contributed by atoms with Crippen LogP contribution in [0.4, 0.5) is 0 Å². The van der Waals surface area contributed by atoms with Crippen LogP contribution in [0.15, 0.2) is 41.0 Å². The number of methoxy groups -OCH3 is 1. The van der Waals surface area contributed by atoms with Crippen LogP contribution >= 0.6 is 0 Å². The first kappa shape index (κ1) is 14.1. The smallest absolute Gasteiger partial charge is 0.339 e. The van der Waals surface area contributed by atoms with Crippen LogP contribution in [0.1, 0.15) is 21.7 Å². The second-order valence-corrected chi connectivity index (χ2v) is 4.34. The van der Waals surface area contributed by atoms with Crippen LogP contribution in [0.25, 0.3) is 0 Å². The highest BCUT2D eigenvalue weighted by Gasteiger charge is 2.12. The molecule has 0 spiro atoms. The van der Waals surface area contributed by atoms with Crippen molar-refractivity contribution >= 4 is 5.97 Å². The molecule has 20 heavy (non-hydrogen) atoms. The standard InChI is InChI=1S/C15H17NO4/c1-19-12-4-2-11(3-5-12)6-8-16-10-14-13(15(17)18)7-9-20-14/h2-5,7,9,16H,6,8,10H2,1H3,(H,17,18). The van der Waals surface area contributed by atoms with Crippen molar-refractivity contribution in [2.24, 2.45) is 0 Å². The molecular formula is C15H17NO4. The Morgan fingerprint density at radius 3 is 2.70 bits per heavy atom. The van der Waals surface area contributed by atoms with Crippen LogP contribution in [0, 0.1) is 0 Å². The summed E-state index contributed by atoms with van der Waals surface area (Å²) in [6, 6.07) is 9.32. The van der Waals surface area contributed by atoms with E-state index in [1.807, 2.05) is 24.3 Å². The normalized spacial score (nSPS) is 10.4. The minimum atomic E-state index is -0.967. The van der Waals surface area contributed by atoms with E-state index in [0.29, 0.717) is 12.3 Å². The summed E-state index contributed by atoms with van der Waals surface area (Å²) < 4.78 is 10.2. The molecule has 0 saturated carbocycles. The summed E-state index contributed by atoms with van der Waals surface area (Å²) in [4.78, 5) is 10.9. The van der Waals surface area contributed by atoms with E-state index in [4.69, 9.17) is 14.3 Å². The summed E-state index contributed by atoms with van der Waals surface area (Å²) >= 11 is 0. The molecular weight excluding hydrogens is 258 g/mol. The van der Waals surface area contributed by atoms with E-state index in [2.05, 4.69) is 5.32 Å². The number of aromatic carboxylic acids is 1. The Kier molecular flexibility index (Phi) is 4.79. The van der Waals surface area contributed by atoms with Gasteiger partial charge in [-0.05, 0) is 36.7 Å². The van der Waals surface area contributed by atoms with Gasteiger partial charge in [-0.25, -0.2) is 4.79 Å². The van der Waals surface area contributed by atoms with Crippen molar-refractivity contribution < 1.29 is 19.1 Å². The summed E-state index contributed by atoms with van der Waals surface area (Å²) in [5, 5.41) is 12.1. The molecule has 0 fully saturated rings. The lowest BCUT2D eigenvalue weighted by Gasteiger charge is -2.05. The quantitative estimate of drug-likeness (QED) is 0.759. The molecule has 0 saturated heterocycles. The number of hydrogen-bond donors (Lipinski definition) is 2. The molecule has 0 bridgehead atoms. The van der Waals surface area contributed by atoms with Gasteiger partial charge in [-0.2, -0.15) is 0 Å². The zero-order chi connectivity index (χ0) is 14.4. The lowest BCUT2D eigenvalue weighted by molar-refractivity contribution is 0.0694. The fourth-order valence-corrected chi connectivity index (χ4v) is 1.89. The number of benzene rings is 1. The third kappa shape index (κ3) is 3.61. The minimum Gasteiger partial charge on any atom is -0.497 e. The lowest BCUT2D eigenvalue weighted by atomic mass is 10.1. The molecule has 0 aliphatic rings. The zero-order valence-corrected chi connectivity index (χ0v) is 11.3. The Morgan fingerprint density at radius 2 is 2.05 bits per heavy atom. The van der Waals surface area contributed by atoms with Crippen molar-refractivity contribution in [1.82, 2.24) is 5.32 Å². The monoisotopic (exact) mass is 275 g/mol. The Hall–Kier alpha value is -2.27. The van der Waals surface area contributed by atoms with Gasteiger partial charge in [-0.15, -0.1) is 0 Å². The molecule has 5 heteroatoms. The average molecular weight is 275 g/mol. The second kappa shape index (κ2) is 6.77. The lowest BCUT2D eigenvalue weighted by Crippen LogP contribution is -2.17. The van der Waals surface area contributed by atoms with Gasteiger partial charge in [0.25, 0.3) is 0 Å². The number of furan rings is 1. The van der Waals surface area contributed by atoms with Gasteiger partial charge in [0.05, 0.1) is 19.9 Å². The maximum Gasteiger partial charge on any atom is 0.339 e. The Balaban J connectivity index is 1.78. The topological polar surface area (TPSA) is 71.7 Å². The molecule has 2 rings (SSSR count). The van der Waals surface area contributed by atoms with Crippen LogP contribution < -0.4 is 10.1 Å². The number of carboxylic acids is 1. The maximum absolute atomic E-state index is 10.9. The van der Waals surface area contributed by atoms with E-state index in [9.17, 15) is 4.79 Å². The summed E-state index contributed by atoms with van der Waals surface area (Å²) in [5.74, 6) is 0.321. The van der Waals surface area contributed by atoms with E-state index in [0.717, 1.165) is 18.7 Å². The summed E-state index contributed by atoms with van der Waals surface area (Å²) in [6.45, 7) is 1.15. The average Bonchev–Trinajstić information content (AvgIpc) is 2.93. The molecule has 5 nitrogen and oxygen atoms in total. The molecule has 2 aromatic rings. The van der Waals surface area contributed by atoms with E-state index >= 15 is 0 Å². The van der Waals surface area contributed by atoms with Crippen LogP contribution in [0.2, 0.25) is 0 Å². The summed E-state index contributed by atoms with van der Waals surface area (Å²) in [7, 11) is 1.64. The Morgan fingerprint density at radius 1 is 1.30 bits per heavy atom. The maximum atomic E-state index is 10.9. The van der Waals surface area contributed by atoms with Gasteiger partial charge in [-0.3, -0.25) is 0 Å². The third-order valence-electron chi connectivity index (χ3n) is 3.01. The molecule has 1 aromatic heterocycles. The first-order valence-corrected chi connectivity index (χ1v) is 6.34. The molecule has 1 aromatic carbocycles. The van der Waals surface area contributed by atoms with Crippen LogP contribution in [-0.2, 0) is 13.0 Å². The number of carboxylic acid groups (broad SMARTS) is 1. The third-order valence-corrected chi connectivity index (χ3v) is 3.01. The fraction of sp³-hybridized carbons (Fsp3) is 0.267. The van der Waals surface area contributed by atoms with Crippen molar-refractivity contribution in [2.75, 3.05) is 13.7 Å². The van der Waals surface area contributed by atoms with Crippen molar-refractivity contribution in [2.45, 2.75) is 13.0 Å². The molecule has 0 radical (unpaired) electrons. The molecule has 0 atom stereocenters. The SMILES string of the molecule is COc1ccc(CCNCc2occc2C(=O)O)cc1. The minimum absolute atomic E-state index is 0.210. The Labute approximate surface area is 117 Å².